The first-order chi connectivity index (χ1) is 2.27. The SMILES string of the molecule is [CH2]/C(O)=C/O. The molecular weight excluding hydrogens is 68.0 g/mol. The Morgan fingerprint density at radius 3 is 2.00 bits per heavy atom. The second kappa shape index (κ2) is 1.64. The predicted octanol–water partition coefficient (Wildman–Crippen LogP) is 0.778. The highest BCUT2D eigenvalue weighted by Gasteiger charge is 1.66. The van der Waals surface area contributed by atoms with Crippen LogP contribution in [0.4, 0.5) is 0 Å². The Bertz CT molecular complexity index is 42.9. The Hall–Kier alpha value is -0.660. The van der Waals surface area contributed by atoms with Gasteiger partial charge in [0.1, 0.15) is 12.0 Å². The predicted molar refractivity (Wildman–Crippen MR) is 18.7 cm³/mol. The summed E-state index contributed by atoms with van der Waals surface area (Å²) in [5, 5.41) is 15.5. The molecule has 0 fully saturated rings. The molecule has 2 N–H and O–H groups in total. The summed E-state index contributed by atoms with van der Waals surface area (Å²) in [6.07, 6.45) is 0.528. The van der Waals surface area contributed by atoms with Crippen molar-refractivity contribution in [2.45, 2.75) is 0 Å². The minimum atomic E-state index is -0.315. The molecule has 0 amide bonds. The lowest BCUT2D eigenvalue weighted by Crippen LogP contribution is -1.64. The maximum absolute atomic E-state index is 7.86. The number of aliphatic hydroxyl groups is 2. The van der Waals surface area contributed by atoms with E-state index >= 15 is 0 Å². The summed E-state index contributed by atoms with van der Waals surface area (Å²) in [5.74, 6) is -0.315. The van der Waals surface area contributed by atoms with Gasteiger partial charge in [-0.15, -0.1) is 0 Å². The smallest absolute Gasteiger partial charge is 0.127 e. The minimum Gasteiger partial charge on any atom is -0.512 e. The van der Waals surface area contributed by atoms with Crippen LogP contribution in [0.3, 0.4) is 0 Å². The summed E-state index contributed by atoms with van der Waals surface area (Å²) in [6.45, 7) is 2.92. The third-order valence-corrected chi connectivity index (χ3v) is 0.149. The van der Waals surface area contributed by atoms with E-state index in [1.807, 2.05) is 0 Å². The first-order valence-electron chi connectivity index (χ1n) is 1.12. The molecule has 0 unspecified atom stereocenters. The standard InChI is InChI=1S/C3H5O2/c1-3(5)2-4/h2,4-5H,1H2/b3-2-. The number of hydrogen-bond donors (Lipinski definition) is 2. The Balaban J connectivity index is 3.14. The lowest BCUT2D eigenvalue weighted by atomic mass is 10.7. The summed E-state index contributed by atoms with van der Waals surface area (Å²) < 4.78 is 0. The quantitative estimate of drug-likeness (QED) is 0.416. The molecule has 0 spiro atoms. The van der Waals surface area contributed by atoms with E-state index < -0.39 is 0 Å². The van der Waals surface area contributed by atoms with Crippen molar-refractivity contribution in [1.29, 1.82) is 0 Å². The van der Waals surface area contributed by atoms with Gasteiger partial charge in [-0.3, -0.25) is 0 Å². The van der Waals surface area contributed by atoms with Gasteiger partial charge in [0.2, 0.25) is 0 Å². The Labute approximate surface area is 30.4 Å². The first kappa shape index (κ1) is 4.34. The van der Waals surface area contributed by atoms with E-state index in [2.05, 4.69) is 6.92 Å². The lowest BCUT2D eigenvalue weighted by Gasteiger charge is -1.74. The van der Waals surface area contributed by atoms with E-state index in [-0.39, 0.29) is 5.76 Å². The maximum atomic E-state index is 7.86. The molecule has 0 aromatic rings. The molecule has 5 heavy (non-hydrogen) atoms. The van der Waals surface area contributed by atoms with Gasteiger partial charge in [0.15, 0.2) is 0 Å². The van der Waals surface area contributed by atoms with Crippen LogP contribution >= 0.6 is 0 Å². The second-order valence-corrected chi connectivity index (χ2v) is 0.620. The van der Waals surface area contributed by atoms with Crippen molar-refractivity contribution in [2.24, 2.45) is 0 Å². The largest absolute Gasteiger partial charge is 0.512 e. The van der Waals surface area contributed by atoms with Gasteiger partial charge in [-0.05, 0) is 0 Å². The summed E-state index contributed by atoms with van der Waals surface area (Å²) in [7, 11) is 0. The average Bonchev–Trinajstić information content (AvgIpc) is 1.38. The molecule has 0 aromatic carbocycles. The normalized spacial score (nSPS) is 11.8. The molecule has 1 radical (unpaired) electrons. The van der Waals surface area contributed by atoms with Crippen molar-refractivity contribution >= 4 is 0 Å². The fourth-order valence-corrected chi connectivity index (χ4v) is 0. The van der Waals surface area contributed by atoms with Crippen LogP contribution < -0.4 is 0 Å². The molecule has 0 rings (SSSR count). The van der Waals surface area contributed by atoms with E-state index in [1.54, 1.807) is 0 Å². The van der Waals surface area contributed by atoms with Crippen LogP contribution in [0.25, 0.3) is 0 Å². The molecule has 0 atom stereocenters. The van der Waals surface area contributed by atoms with Crippen LogP contribution in [0.15, 0.2) is 12.0 Å². The zero-order chi connectivity index (χ0) is 4.28. The van der Waals surface area contributed by atoms with Crippen molar-refractivity contribution in [3.05, 3.63) is 18.9 Å². The molecule has 0 aliphatic rings. The van der Waals surface area contributed by atoms with Gasteiger partial charge in [0.25, 0.3) is 0 Å². The van der Waals surface area contributed by atoms with Gasteiger partial charge in [0, 0.05) is 6.92 Å². The van der Waals surface area contributed by atoms with Crippen molar-refractivity contribution < 1.29 is 10.2 Å². The van der Waals surface area contributed by atoms with Crippen molar-refractivity contribution in [3.8, 4) is 0 Å². The van der Waals surface area contributed by atoms with Crippen LogP contribution in [0.2, 0.25) is 0 Å². The van der Waals surface area contributed by atoms with Crippen LogP contribution in [-0.4, -0.2) is 10.2 Å². The number of aliphatic hydroxyl groups excluding tert-OH is 2. The monoisotopic (exact) mass is 73.0 g/mol. The van der Waals surface area contributed by atoms with Crippen molar-refractivity contribution in [2.75, 3.05) is 0 Å². The van der Waals surface area contributed by atoms with E-state index in [4.69, 9.17) is 10.2 Å². The molecule has 0 saturated carbocycles. The van der Waals surface area contributed by atoms with Gasteiger partial charge < -0.3 is 10.2 Å². The second-order valence-electron chi connectivity index (χ2n) is 0.620. The van der Waals surface area contributed by atoms with Crippen molar-refractivity contribution in [3.63, 3.8) is 0 Å². The van der Waals surface area contributed by atoms with Gasteiger partial charge in [-0.1, -0.05) is 0 Å². The first-order valence-corrected chi connectivity index (χ1v) is 1.12. The molecule has 29 valence electrons. The summed E-state index contributed by atoms with van der Waals surface area (Å²) >= 11 is 0. The molecule has 0 aliphatic carbocycles. The average molecular weight is 73.1 g/mol. The molecule has 0 saturated heterocycles. The molecule has 0 heterocycles. The van der Waals surface area contributed by atoms with Crippen molar-refractivity contribution in [1.82, 2.24) is 0 Å². The number of allylic oxidation sites excluding steroid dienone is 1. The van der Waals surface area contributed by atoms with Gasteiger partial charge in [-0.25, -0.2) is 0 Å². The highest BCUT2D eigenvalue weighted by atomic mass is 16.3. The van der Waals surface area contributed by atoms with Crippen LogP contribution in [-0.2, 0) is 0 Å². The van der Waals surface area contributed by atoms with E-state index in [1.165, 1.54) is 0 Å². The third-order valence-electron chi connectivity index (χ3n) is 0.149. The number of rotatable bonds is 0. The zero-order valence-corrected chi connectivity index (χ0v) is 2.68. The van der Waals surface area contributed by atoms with Crippen LogP contribution in [0, 0.1) is 6.92 Å². The van der Waals surface area contributed by atoms with Crippen LogP contribution in [0.1, 0.15) is 0 Å². The van der Waals surface area contributed by atoms with Gasteiger partial charge in [0.05, 0.1) is 0 Å². The molecule has 2 nitrogen and oxygen atoms in total. The third kappa shape index (κ3) is 3.34. The van der Waals surface area contributed by atoms with E-state index in [0.717, 1.165) is 0 Å². The molecule has 0 bridgehead atoms. The highest BCUT2D eigenvalue weighted by Crippen LogP contribution is 1.73. The summed E-state index contributed by atoms with van der Waals surface area (Å²) in [5.41, 5.74) is 0. The Morgan fingerprint density at radius 2 is 2.00 bits per heavy atom. The van der Waals surface area contributed by atoms with Gasteiger partial charge >= 0.3 is 0 Å². The van der Waals surface area contributed by atoms with Crippen LogP contribution in [0.5, 0.6) is 0 Å². The van der Waals surface area contributed by atoms with Gasteiger partial charge in [-0.2, -0.15) is 0 Å². The summed E-state index contributed by atoms with van der Waals surface area (Å²) in [6, 6.07) is 0. The van der Waals surface area contributed by atoms with E-state index in [9.17, 15) is 0 Å². The fraction of sp³-hybridized carbons (Fsp3) is 0. The van der Waals surface area contributed by atoms with E-state index in [0.29, 0.717) is 6.26 Å². The Kier molecular flexibility index (Phi) is 1.42. The minimum absolute atomic E-state index is 0.315. The summed E-state index contributed by atoms with van der Waals surface area (Å²) in [4.78, 5) is 0. The fourth-order valence-electron chi connectivity index (χ4n) is 0. The maximum Gasteiger partial charge on any atom is 0.127 e. The topological polar surface area (TPSA) is 40.5 Å². The number of hydrogen-bond acceptors (Lipinski definition) is 2. The highest BCUT2D eigenvalue weighted by molar-refractivity contribution is 4.85. The molecule has 0 aromatic heterocycles. The molecule has 0 aliphatic heterocycles. The molecular formula is C3H5O2. The molecule has 2 heteroatoms. The lowest BCUT2D eigenvalue weighted by molar-refractivity contribution is 0.376. The zero-order valence-electron chi connectivity index (χ0n) is 2.68. The Morgan fingerprint density at radius 1 is 1.80 bits per heavy atom.